The van der Waals surface area contributed by atoms with Crippen LogP contribution in [0.2, 0.25) is 5.02 Å². The maximum atomic E-state index is 15.7. The Balaban J connectivity index is 1.70. The fourth-order valence-corrected chi connectivity index (χ4v) is 3.00. The number of aromatic nitrogens is 1. The summed E-state index contributed by atoms with van der Waals surface area (Å²) in [6, 6.07) is 6.06. The van der Waals surface area contributed by atoms with Gasteiger partial charge in [0.2, 0.25) is 0 Å². The Kier molecular flexibility index (Phi) is 4.49. The van der Waals surface area contributed by atoms with Crippen LogP contribution >= 0.6 is 11.6 Å². The zero-order chi connectivity index (χ0) is 25.5. The van der Waals surface area contributed by atoms with Gasteiger partial charge in [-0.3, -0.25) is 9.78 Å². The van der Waals surface area contributed by atoms with Crippen molar-refractivity contribution < 1.29 is 21.8 Å². The predicted octanol–water partition coefficient (Wildman–Crippen LogP) is 4.17. The van der Waals surface area contributed by atoms with Crippen LogP contribution in [0.3, 0.4) is 0 Å². The first kappa shape index (κ1) is 14.0. The van der Waals surface area contributed by atoms with E-state index in [-0.39, 0.29) is 34.9 Å². The van der Waals surface area contributed by atoms with Crippen LogP contribution in [-0.2, 0) is 12.9 Å². The number of likely N-dealkylation sites (tertiary alicyclic amines) is 1. The Hall–Kier alpha value is -2.05. The van der Waals surface area contributed by atoms with Gasteiger partial charge in [0.1, 0.15) is 11.5 Å². The number of hydrogen-bond acceptors (Lipinski definition) is 3. The lowest BCUT2D eigenvalue weighted by Crippen LogP contribution is -2.48. The average molecular weight is 414 g/mol. The van der Waals surface area contributed by atoms with E-state index in [0.717, 1.165) is 12.3 Å². The second-order valence-electron chi connectivity index (χ2n) is 6.44. The van der Waals surface area contributed by atoms with Gasteiger partial charge in [-0.2, -0.15) is 0 Å². The van der Waals surface area contributed by atoms with Crippen LogP contribution in [0, 0.1) is 5.82 Å². The number of nitrogens with one attached hydrogen (secondary N) is 1. The maximum Gasteiger partial charge on any atom is 0.253 e. The number of benzene rings is 1. The number of halogens is 3. The molecule has 0 radical (unpaired) electrons. The molecular formula is C21H24ClF2N3O. The van der Waals surface area contributed by atoms with Gasteiger partial charge < -0.3 is 10.2 Å². The van der Waals surface area contributed by atoms with E-state index in [2.05, 4.69) is 10.3 Å². The summed E-state index contributed by atoms with van der Waals surface area (Å²) in [7, 11) is 0. The van der Waals surface area contributed by atoms with Gasteiger partial charge in [-0.05, 0) is 36.2 Å². The van der Waals surface area contributed by atoms with Crippen LogP contribution < -0.4 is 5.32 Å². The molecule has 1 N–H and O–H groups in total. The van der Waals surface area contributed by atoms with Gasteiger partial charge in [-0.1, -0.05) is 24.6 Å². The van der Waals surface area contributed by atoms with E-state index in [1.54, 1.807) is 0 Å². The number of pyridine rings is 1. The highest BCUT2D eigenvalue weighted by Crippen LogP contribution is 2.27. The molecule has 0 aliphatic carbocycles. The third-order valence-corrected chi connectivity index (χ3v) is 4.83. The zero-order valence-electron chi connectivity index (χ0n) is 21.2. The summed E-state index contributed by atoms with van der Waals surface area (Å²) in [5, 5.41) is 1.86. The van der Waals surface area contributed by atoms with Crippen molar-refractivity contribution in [3.8, 4) is 0 Å². The van der Waals surface area contributed by atoms with E-state index in [1.807, 2.05) is 0 Å². The zero-order valence-corrected chi connectivity index (χ0v) is 16.0. The van der Waals surface area contributed by atoms with Crippen molar-refractivity contribution in [2.45, 2.75) is 38.3 Å². The summed E-state index contributed by atoms with van der Waals surface area (Å²) in [5.41, 5.74) is -2.37. The van der Waals surface area contributed by atoms with Gasteiger partial charge in [-0.25, -0.2) is 8.78 Å². The molecule has 1 aromatic heterocycles. The van der Waals surface area contributed by atoms with E-state index in [0.29, 0.717) is 0 Å². The molecule has 1 fully saturated rings. The van der Waals surface area contributed by atoms with Crippen LogP contribution in [0.15, 0.2) is 36.5 Å². The minimum atomic E-state index is -2.81. The molecule has 0 saturated carbocycles. The number of alkyl halides is 1. The number of piperidine rings is 1. The molecule has 1 aliphatic heterocycles. The normalized spacial score (nSPS) is 20.9. The maximum absolute atomic E-state index is 15.7. The molecule has 1 aliphatic rings. The molecule has 3 rings (SSSR count). The number of amides is 1. The van der Waals surface area contributed by atoms with Crippen LogP contribution in [-0.4, -0.2) is 41.0 Å². The lowest BCUT2D eigenvalue weighted by molar-refractivity contribution is 0.0434. The van der Waals surface area contributed by atoms with Gasteiger partial charge in [0.05, 0.1) is 10.7 Å². The van der Waals surface area contributed by atoms with Crippen LogP contribution in [0.1, 0.15) is 49.6 Å². The number of aryl methyl sites for hydroxylation is 1. The molecule has 4 nitrogen and oxygen atoms in total. The Labute approximate surface area is 177 Å². The van der Waals surface area contributed by atoms with Gasteiger partial charge >= 0.3 is 0 Å². The Morgan fingerprint density at radius 2 is 2.11 bits per heavy atom. The monoisotopic (exact) mass is 413 g/mol. The number of nitrogens with zero attached hydrogens (tertiary/aromatic N) is 2. The van der Waals surface area contributed by atoms with Crippen molar-refractivity contribution in [2.75, 3.05) is 19.6 Å². The SMILES string of the molecule is [2H]C([2H])(C)c1ccc(C([2H])([2H])NC([2H])([2H])C2(F)CCN(C(=O)c3ccc(F)c(Cl)c3)CC2)nc1. The van der Waals surface area contributed by atoms with E-state index >= 15 is 4.39 Å². The van der Waals surface area contributed by atoms with Crippen molar-refractivity contribution in [2.24, 2.45) is 0 Å². The number of rotatable bonds is 6. The summed E-state index contributed by atoms with van der Waals surface area (Å²) >= 11 is 5.72. The summed E-state index contributed by atoms with van der Waals surface area (Å²) in [6.45, 7) is -4.31. The molecule has 0 bridgehead atoms. The Morgan fingerprint density at radius 3 is 2.71 bits per heavy atom. The number of hydrogen-bond donors (Lipinski definition) is 1. The summed E-state index contributed by atoms with van der Waals surface area (Å²) < 4.78 is 77.3. The standard InChI is InChI=1S/C21H24ClF2N3O/c1-2-15-3-5-17(26-12-15)13-25-14-21(24)7-9-27(10-8-21)20(28)16-4-6-19(23)18(22)11-16/h3-6,11-12,25H,2,7-10,13-14H2,1H3/i2D2,13D2,14D2. The highest BCUT2D eigenvalue weighted by molar-refractivity contribution is 6.31. The fourth-order valence-electron chi connectivity index (χ4n) is 2.82. The van der Waals surface area contributed by atoms with Crippen molar-refractivity contribution in [3.63, 3.8) is 0 Å². The van der Waals surface area contributed by atoms with Crippen LogP contribution in [0.5, 0.6) is 0 Å². The van der Waals surface area contributed by atoms with E-state index < -0.39 is 49.6 Å². The van der Waals surface area contributed by atoms with Crippen LogP contribution in [0.4, 0.5) is 8.78 Å². The van der Waals surface area contributed by atoms with E-state index in [9.17, 15) is 9.18 Å². The van der Waals surface area contributed by atoms with Gasteiger partial charge in [0, 0.05) is 58.9 Å². The highest BCUT2D eigenvalue weighted by Gasteiger charge is 2.35. The molecule has 2 aromatic rings. The lowest BCUT2D eigenvalue weighted by atomic mass is 9.92. The van der Waals surface area contributed by atoms with Gasteiger partial charge in [0.25, 0.3) is 5.91 Å². The largest absolute Gasteiger partial charge is 0.338 e. The summed E-state index contributed by atoms with van der Waals surface area (Å²) in [4.78, 5) is 17.9. The first-order chi connectivity index (χ1) is 15.6. The Bertz CT molecular complexity index is 1060. The first-order valence-electron chi connectivity index (χ1n) is 11.8. The molecule has 1 saturated heterocycles. The van der Waals surface area contributed by atoms with E-state index in [1.165, 1.54) is 36.1 Å². The third kappa shape index (κ3) is 5.06. The molecule has 150 valence electrons. The Morgan fingerprint density at radius 1 is 1.36 bits per heavy atom. The van der Waals surface area contributed by atoms with Crippen molar-refractivity contribution in [1.82, 2.24) is 15.2 Å². The number of carbonyl (C=O) groups is 1. The van der Waals surface area contributed by atoms with Crippen molar-refractivity contribution >= 4 is 17.5 Å². The number of carbonyl (C=O) groups excluding carboxylic acids is 1. The van der Waals surface area contributed by atoms with Crippen molar-refractivity contribution in [3.05, 3.63) is 64.2 Å². The molecule has 1 aromatic carbocycles. The minimum absolute atomic E-state index is 0.126. The molecule has 2 heterocycles. The quantitative estimate of drug-likeness (QED) is 0.773. The molecule has 28 heavy (non-hydrogen) atoms. The summed E-state index contributed by atoms with van der Waals surface area (Å²) in [6.07, 6.45) is -1.33. The van der Waals surface area contributed by atoms with E-state index in [4.69, 9.17) is 19.8 Å². The summed E-state index contributed by atoms with van der Waals surface area (Å²) in [5.74, 6) is -1.17. The predicted molar refractivity (Wildman–Crippen MR) is 106 cm³/mol. The molecular weight excluding hydrogens is 384 g/mol. The third-order valence-electron chi connectivity index (χ3n) is 4.54. The van der Waals surface area contributed by atoms with Crippen LogP contribution in [0.25, 0.3) is 0 Å². The van der Waals surface area contributed by atoms with Crippen molar-refractivity contribution in [1.29, 1.82) is 0 Å². The van der Waals surface area contributed by atoms with Gasteiger partial charge in [0.15, 0.2) is 0 Å². The smallest absolute Gasteiger partial charge is 0.253 e. The average Bonchev–Trinajstić information content (AvgIpc) is 2.74. The minimum Gasteiger partial charge on any atom is -0.338 e. The lowest BCUT2D eigenvalue weighted by Gasteiger charge is -2.36. The first-order valence-corrected chi connectivity index (χ1v) is 9.13. The molecule has 0 spiro atoms. The molecule has 7 heteroatoms. The molecule has 0 unspecified atom stereocenters. The second kappa shape index (κ2) is 8.97. The highest BCUT2D eigenvalue weighted by atomic mass is 35.5. The second-order valence-corrected chi connectivity index (χ2v) is 6.85. The molecule has 1 amide bonds. The topological polar surface area (TPSA) is 45.2 Å². The molecule has 0 atom stereocenters. The fraction of sp³-hybridized carbons (Fsp3) is 0.429. The van der Waals surface area contributed by atoms with Gasteiger partial charge in [-0.15, -0.1) is 0 Å².